The summed E-state index contributed by atoms with van der Waals surface area (Å²) in [6.45, 7) is 5.35. The first kappa shape index (κ1) is 24.0. The molecule has 2 saturated heterocycles. The van der Waals surface area contributed by atoms with Crippen LogP contribution in [-0.4, -0.2) is 75.3 Å². The SMILES string of the molecule is COc1ccc(NC(N)=NCC2(N3CCCCC3)CCN(C)CC2)cc1OC.I. The van der Waals surface area contributed by atoms with Crippen LogP contribution in [0.2, 0.25) is 0 Å². The van der Waals surface area contributed by atoms with Gasteiger partial charge in [-0.25, -0.2) is 0 Å². The number of hydrogen-bond acceptors (Lipinski definition) is 5. The van der Waals surface area contributed by atoms with E-state index in [1.807, 2.05) is 18.2 Å². The molecule has 164 valence electrons. The van der Waals surface area contributed by atoms with Crippen molar-refractivity contribution < 1.29 is 9.47 Å². The van der Waals surface area contributed by atoms with Gasteiger partial charge in [0.2, 0.25) is 0 Å². The number of aliphatic imine (C=N–C) groups is 1. The molecule has 2 fully saturated rings. The molecule has 0 bridgehead atoms. The fourth-order valence-corrected chi connectivity index (χ4v) is 4.31. The van der Waals surface area contributed by atoms with Crippen LogP contribution in [0.25, 0.3) is 0 Å². The summed E-state index contributed by atoms with van der Waals surface area (Å²) < 4.78 is 10.7. The second-order valence-electron chi connectivity index (χ2n) is 7.97. The Bertz CT molecular complexity index is 671. The van der Waals surface area contributed by atoms with Gasteiger partial charge in [-0.05, 0) is 71.0 Å². The number of guanidine groups is 1. The number of nitrogens with two attached hydrogens (primary N) is 1. The molecule has 2 aliphatic heterocycles. The van der Waals surface area contributed by atoms with Crippen molar-refractivity contribution >= 4 is 35.6 Å². The van der Waals surface area contributed by atoms with Crippen LogP contribution in [-0.2, 0) is 0 Å². The lowest BCUT2D eigenvalue weighted by molar-refractivity contribution is 0.0209. The zero-order valence-electron chi connectivity index (χ0n) is 17.9. The van der Waals surface area contributed by atoms with Crippen LogP contribution < -0.4 is 20.5 Å². The summed E-state index contributed by atoms with van der Waals surface area (Å²) in [4.78, 5) is 9.86. The number of methoxy groups -OCH3 is 2. The maximum Gasteiger partial charge on any atom is 0.193 e. The second kappa shape index (κ2) is 11.2. The molecule has 0 atom stereocenters. The van der Waals surface area contributed by atoms with Crippen molar-refractivity contribution in [3.63, 3.8) is 0 Å². The number of nitrogens with one attached hydrogen (secondary N) is 1. The Morgan fingerprint density at radius 2 is 1.72 bits per heavy atom. The summed E-state index contributed by atoms with van der Waals surface area (Å²) in [6.07, 6.45) is 6.23. The lowest BCUT2D eigenvalue weighted by atomic mass is 9.84. The van der Waals surface area contributed by atoms with Gasteiger partial charge in [-0.1, -0.05) is 6.42 Å². The first-order valence-corrected chi connectivity index (χ1v) is 10.3. The third-order valence-electron chi connectivity index (χ3n) is 6.14. The maximum absolute atomic E-state index is 6.24. The molecular weight excluding hydrogens is 481 g/mol. The Balaban J connectivity index is 0.00000300. The predicted molar refractivity (Wildman–Crippen MR) is 130 cm³/mol. The molecule has 2 aliphatic rings. The van der Waals surface area contributed by atoms with Crippen molar-refractivity contribution in [3.8, 4) is 11.5 Å². The molecule has 2 heterocycles. The van der Waals surface area contributed by atoms with Gasteiger partial charge in [0, 0.05) is 17.3 Å². The average Bonchev–Trinajstić information content (AvgIpc) is 2.74. The molecule has 0 saturated carbocycles. The van der Waals surface area contributed by atoms with Crippen molar-refractivity contribution in [2.75, 3.05) is 59.3 Å². The first-order valence-electron chi connectivity index (χ1n) is 10.3. The molecule has 0 aromatic heterocycles. The molecule has 7 nitrogen and oxygen atoms in total. The molecule has 0 unspecified atom stereocenters. The number of rotatable bonds is 6. The summed E-state index contributed by atoms with van der Waals surface area (Å²) in [5.41, 5.74) is 7.22. The minimum Gasteiger partial charge on any atom is -0.493 e. The Hall–Kier alpha value is -1.26. The molecule has 1 aromatic rings. The highest BCUT2D eigenvalue weighted by atomic mass is 127. The molecule has 0 aliphatic carbocycles. The number of hydrogen-bond donors (Lipinski definition) is 2. The minimum atomic E-state index is 0. The van der Waals surface area contributed by atoms with Crippen molar-refractivity contribution in [3.05, 3.63) is 18.2 Å². The molecule has 3 rings (SSSR count). The second-order valence-corrected chi connectivity index (χ2v) is 7.97. The maximum atomic E-state index is 6.24. The van der Waals surface area contributed by atoms with E-state index in [4.69, 9.17) is 20.2 Å². The van der Waals surface area contributed by atoms with Crippen LogP contribution in [0, 0.1) is 0 Å². The van der Waals surface area contributed by atoms with Gasteiger partial charge in [0.05, 0.1) is 20.8 Å². The van der Waals surface area contributed by atoms with Crippen LogP contribution in [0.15, 0.2) is 23.2 Å². The van der Waals surface area contributed by atoms with E-state index in [-0.39, 0.29) is 29.5 Å². The monoisotopic (exact) mass is 517 g/mol. The van der Waals surface area contributed by atoms with Crippen LogP contribution in [0.5, 0.6) is 11.5 Å². The number of halogens is 1. The van der Waals surface area contributed by atoms with Gasteiger partial charge in [0.25, 0.3) is 0 Å². The van der Waals surface area contributed by atoms with Gasteiger partial charge in [-0.3, -0.25) is 9.89 Å². The molecule has 1 aromatic carbocycles. The lowest BCUT2D eigenvalue weighted by Crippen LogP contribution is -2.58. The van der Waals surface area contributed by atoms with E-state index in [1.165, 1.54) is 32.4 Å². The van der Waals surface area contributed by atoms with Gasteiger partial charge in [0.15, 0.2) is 17.5 Å². The average molecular weight is 517 g/mol. The van der Waals surface area contributed by atoms with Crippen molar-refractivity contribution in [2.45, 2.75) is 37.6 Å². The summed E-state index contributed by atoms with van der Waals surface area (Å²) in [5.74, 6) is 1.81. The molecule has 0 spiro atoms. The highest BCUT2D eigenvalue weighted by Crippen LogP contribution is 2.32. The molecule has 0 amide bonds. The first-order chi connectivity index (χ1) is 13.6. The smallest absolute Gasteiger partial charge is 0.193 e. The van der Waals surface area contributed by atoms with Gasteiger partial charge >= 0.3 is 0 Å². The van der Waals surface area contributed by atoms with E-state index in [9.17, 15) is 0 Å². The Morgan fingerprint density at radius 3 is 2.34 bits per heavy atom. The van der Waals surface area contributed by atoms with Crippen molar-refractivity contribution in [2.24, 2.45) is 10.7 Å². The van der Waals surface area contributed by atoms with Crippen molar-refractivity contribution in [1.29, 1.82) is 0 Å². The number of nitrogens with zero attached hydrogens (tertiary/aromatic N) is 3. The van der Waals surface area contributed by atoms with Gasteiger partial charge in [0.1, 0.15) is 0 Å². The summed E-state index contributed by atoms with van der Waals surface area (Å²) >= 11 is 0. The van der Waals surface area contributed by atoms with E-state index in [0.29, 0.717) is 17.5 Å². The molecule has 3 N–H and O–H groups in total. The van der Waals surface area contributed by atoms with E-state index in [2.05, 4.69) is 22.2 Å². The van der Waals surface area contributed by atoms with Crippen LogP contribution in [0.3, 0.4) is 0 Å². The zero-order chi connectivity index (χ0) is 20.0. The summed E-state index contributed by atoms with van der Waals surface area (Å²) in [5, 5.41) is 3.20. The highest BCUT2D eigenvalue weighted by Gasteiger charge is 2.39. The quantitative estimate of drug-likeness (QED) is 0.344. The molecule has 8 heteroatoms. The minimum absolute atomic E-state index is 0. The topological polar surface area (TPSA) is 75.4 Å². The Morgan fingerprint density at radius 1 is 1.07 bits per heavy atom. The Labute approximate surface area is 192 Å². The van der Waals surface area contributed by atoms with E-state index in [1.54, 1.807) is 14.2 Å². The summed E-state index contributed by atoms with van der Waals surface area (Å²) in [6, 6.07) is 5.65. The fourth-order valence-electron chi connectivity index (χ4n) is 4.31. The van der Waals surface area contributed by atoms with Crippen LogP contribution >= 0.6 is 24.0 Å². The molecule has 0 radical (unpaired) electrons. The van der Waals surface area contributed by atoms with Crippen LogP contribution in [0.1, 0.15) is 32.1 Å². The summed E-state index contributed by atoms with van der Waals surface area (Å²) in [7, 11) is 5.46. The molecular formula is C21H36IN5O2. The number of ether oxygens (including phenoxy) is 2. The van der Waals surface area contributed by atoms with E-state index in [0.717, 1.165) is 38.2 Å². The van der Waals surface area contributed by atoms with E-state index >= 15 is 0 Å². The largest absolute Gasteiger partial charge is 0.493 e. The zero-order valence-corrected chi connectivity index (χ0v) is 20.3. The van der Waals surface area contributed by atoms with E-state index < -0.39 is 0 Å². The third-order valence-corrected chi connectivity index (χ3v) is 6.14. The molecule has 29 heavy (non-hydrogen) atoms. The predicted octanol–water partition coefficient (Wildman–Crippen LogP) is 3.00. The van der Waals surface area contributed by atoms with Crippen molar-refractivity contribution in [1.82, 2.24) is 9.80 Å². The van der Waals surface area contributed by atoms with Gasteiger partial charge in [-0.15, -0.1) is 24.0 Å². The standard InChI is InChI=1S/C21H35N5O2.HI/c1-25-13-9-21(10-14-25,26-11-5-4-6-12-26)16-23-20(22)24-17-7-8-18(27-2)19(15-17)28-3;/h7-8,15H,4-6,9-14,16H2,1-3H3,(H3,22,23,24);1H. The van der Waals surface area contributed by atoms with Gasteiger partial charge in [-0.2, -0.15) is 0 Å². The fraction of sp³-hybridized carbons (Fsp3) is 0.667. The number of piperidine rings is 2. The number of likely N-dealkylation sites (tertiary alicyclic amines) is 2. The normalized spacial score (nSPS) is 20.6. The number of anilines is 1. The highest BCUT2D eigenvalue weighted by molar-refractivity contribution is 14.0. The number of benzene rings is 1. The van der Waals surface area contributed by atoms with Crippen LogP contribution in [0.4, 0.5) is 5.69 Å². The third kappa shape index (κ3) is 6.11. The lowest BCUT2D eigenvalue weighted by Gasteiger charge is -2.49. The van der Waals surface area contributed by atoms with Gasteiger partial charge < -0.3 is 25.4 Å². The Kier molecular flexibility index (Phi) is 9.29.